The maximum atomic E-state index is 12.4. The van der Waals surface area contributed by atoms with Gasteiger partial charge in [0.2, 0.25) is 0 Å². The number of aryl methyl sites for hydroxylation is 1. The Labute approximate surface area is 166 Å². The molecule has 0 aromatic heterocycles. The molecule has 1 N–H and O–H groups in total. The molecule has 3 nitrogen and oxygen atoms in total. The van der Waals surface area contributed by atoms with Gasteiger partial charge in [0.05, 0.1) is 11.7 Å². The van der Waals surface area contributed by atoms with E-state index in [-0.39, 0.29) is 17.5 Å². The van der Waals surface area contributed by atoms with Gasteiger partial charge in [-0.25, -0.2) is 4.79 Å². The topological polar surface area (TPSA) is 46.5 Å². The van der Waals surface area contributed by atoms with Crippen LogP contribution in [-0.2, 0) is 6.42 Å². The molecule has 5 rings (SSSR count). The Morgan fingerprint density at radius 3 is 2.71 bits per heavy atom. The molecule has 0 heterocycles. The Morgan fingerprint density at radius 2 is 1.89 bits per heavy atom. The van der Waals surface area contributed by atoms with Gasteiger partial charge in [-0.1, -0.05) is 31.2 Å². The summed E-state index contributed by atoms with van der Waals surface area (Å²) in [5.74, 6) is 2.25. The molecule has 2 aromatic rings. The molecule has 2 aromatic carbocycles. The molecule has 0 spiro atoms. The van der Waals surface area contributed by atoms with Crippen molar-refractivity contribution in [3.63, 3.8) is 0 Å². The molecular formula is C25H28O3. The lowest BCUT2D eigenvalue weighted by Crippen LogP contribution is -2.43. The number of rotatable bonds is 2. The van der Waals surface area contributed by atoms with E-state index in [1.807, 2.05) is 24.3 Å². The van der Waals surface area contributed by atoms with E-state index in [1.54, 1.807) is 12.1 Å². The highest BCUT2D eigenvalue weighted by Crippen LogP contribution is 2.60. The first-order chi connectivity index (χ1) is 13.6. The first-order valence-corrected chi connectivity index (χ1v) is 10.6. The quantitative estimate of drug-likeness (QED) is 0.584. The van der Waals surface area contributed by atoms with Crippen molar-refractivity contribution < 1.29 is 14.6 Å². The minimum atomic E-state index is -0.303. The Morgan fingerprint density at radius 1 is 1.07 bits per heavy atom. The normalized spacial score (nSPS) is 33.5. The third kappa shape index (κ3) is 2.79. The van der Waals surface area contributed by atoms with E-state index in [9.17, 15) is 9.90 Å². The fraction of sp³-hybridized carbons (Fsp3) is 0.480. The molecule has 0 saturated heterocycles. The van der Waals surface area contributed by atoms with Gasteiger partial charge >= 0.3 is 5.97 Å². The van der Waals surface area contributed by atoms with Gasteiger partial charge in [-0.3, -0.25) is 0 Å². The molecule has 3 unspecified atom stereocenters. The summed E-state index contributed by atoms with van der Waals surface area (Å²) in [5.41, 5.74) is 3.47. The molecule has 146 valence electrons. The predicted octanol–water partition coefficient (Wildman–Crippen LogP) is 5.12. The van der Waals surface area contributed by atoms with Crippen LogP contribution in [0.2, 0.25) is 0 Å². The lowest BCUT2D eigenvalue weighted by Gasteiger charge is -2.50. The lowest BCUT2D eigenvalue weighted by molar-refractivity contribution is -0.0226. The molecule has 0 amide bonds. The monoisotopic (exact) mass is 376 g/mol. The number of fused-ring (bicyclic) bond motifs is 5. The SMILES string of the molecule is C[C@]12CCC3c4ccc(OC(=O)c5ccccc5)cc4CCC3C1CC[C@@H]2O. The summed E-state index contributed by atoms with van der Waals surface area (Å²) in [5, 5.41) is 10.5. The van der Waals surface area contributed by atoms with Crippen molar-refractivity contribution >= 4 is 5.97 Å². The molecule has 3 aliphatic carbocycles. The van der Waals surface area contributed by atoms with Crippen LogP contribution in [0.15, 0.2) is 48.5 Å². The highest BCUT2D eigenvalue weighted by Gasteiger charge is 2.54. The van der Waals surface area contributed by atoms with E-state index in [4.69, 9.17) is 4.74 Å². The largest absolute Gasteiger partial charge is 0.423 e. The van der Waals surface area contributed by atoms with Crippen molar-refractivity contribution in [3.05, 3.63) is 65.2 Å². The summed E-state index contributed by atoms with van der Waals surface area (Å²) in [6.45, 7) is 2.31. The zero-order valence-corrected chi connectivity index (χ0v) is 16.4. The van der Waals surface area contributed by atoms with E-state index in [0.717, 1.165) is 25.7 Å². The van der Waals surface area contributed by atoms with Crippen LogP contribution in [0.25, 0.3) is 0 Å². The van der Waals surface area contributed by atoms with Crippen molar-refractivity contribution in [3.8, 4) is 5.75 Å². The van der Waals surface area contributed by atoms with E-state index >= 15 is 0 Å². The van der Waals surface area contributed by atoms with Crippen molar-refractivity contribution in [2.75, 3.05) is 0 Å². The molecular weight excluding hydrogens is 348 g/mol. The Bertz CT molecular complexity index is 890. The first kappa shape index (κ1) is 17.9. The summed E-state index contributed by atoms with van der Waals surface area (Å²) < 4.78 is 5.63. The van der Waals surface area contributed by atoms with Gasteiger partial charge in [0.15, 0.2) is 0 Å². The average Bonchev–Trinajstić information content (AvgIpc) is 3.03. The second-order valence-electron chi connectivity index (χ2n) is 9.17. The van der Waals surface area contributed by atoms with Crippen molar-refractivity contribution in [2.24, 2.45) is 17.3 Å². The average molecular weight is 376 g/mol. The maximum absolute atomic E-state index is 12.4. The van der Waals surface area contributed by atoms with Crippen LogP contribution in [0.1, 0.15) is 66.4 Å². The predicted molar refractivity (Wildman–Crippen MR) is 108 cm³/mol. The van der Waals surface area contributed by atoms with Gasteiger partial charge in [0.1, 0.15) is 5.75 Å². The summed E-state index contributed by atoms with van der Waals surface area (Å²) in [6, 6.07) is 15.4. The number of esters is 1. The zero-order chi connectivity index (χ0) is 19.3. The standard InChI is InChI=1S/C25H28O3/c1-25-14-13-20-19-10-8-18(28-24(27)16-5-3-2-4-6-16)15-17(19)7-9-21(20)22(25)11-12-23(25)26/h2-6,8,10,15,20-23,26H,7,9,11-14H2,1H3/t20?,21?,22?,23-,25-/m0/s1. The minimum Gasteiger partial charge on any atom is -0.423 e. The number of benzene rings is 2. The Balaban J connectivity index is 1.37. The van der Waals surface area contributed by atoms with Crippen molar-refractivity contribution in [1.29, 1.82) is 0 Å². The highest BCUT2D eigenvalue weighted by atomic mass is 16.5. The fourth-order valence-electron chi connectivity index (χ4n) is 6.33. The van der Waals surface area contributed by atoms with Gasteiger partial charge in [-0.15, -0.1) is 0 Å². The van der Waals surface area contributed by atoms with Crippen LogP contribution in [0.5, 0.6) is 5.75 Å². The zero-order valence-electron chi connectivity index (χ0n) is 16.4. The van der Waals surface area contributed by atoms with Crippen LogP contribution in [0.3, 0.4) is 0 Å². The molecule has 3 aliphatic rings. The number of aliphatic hydroxyl groups excluding tert-OH is 1. The van der Waals surface area contributed by atoms with Gasteiger partial charge in [-0.2, -0.15) is 0 Å². The van der Waals surface area contributed by atoms with Crippen LogP contribution in [0, 0.1) is 17.3 Å². The molecule has 0 aliphatic heterocycles. The molecule has 0 bridgehead atoms. The van der Waals surface area contributed by atoms with Crippen LogP contribution in [0.4, 0.5) is 0 Å². The van der Waals surface area contributed by atoms with E-state index < -0.39 is 0 Å². The first-order valence-electron chi connectivity index (χ1n) is 10.6. The summed E-state index contributed by atoms with van der Waals surface area (Å²) in [6.07, 6.45) is 6.50. The summed E-state index contributed by atoms with van der Waals surface area (Å²) in [4.78, 5) is 12.4. The number of carbonyl (C=O) groups excluding carboxylic acids is 1. The summed E-state index contributed by atoms with van der Waals surface area (Å²) in [7, 11) is 0. The Hall–Kier alpha value is -2.13. The fourth-order valence-corrected chi connectivity index (χ4v) is 6.33. The van der Waals surface area contributed by atoms with Gasteiger partial charge in [0, 0.05) is 0 Å². The summed E-state index contributed by atoms with van der Waals surface area (Å²) >= 11 is 0. The third-order valence-corrected chi connectivity index (χ3v) is 7.87. The van der Waals surface area contributed by atoms with E-state index in [2.05, 4.69) is 19.1 Å². The van der Waals surface area contributed by atoms with E-state index in [0.29, 0.717) is 29.1 Å². The second-order valence-corrected chi connectivity index (χ2v) is 9.17. The highest BCUT2D eigenvalue weighted by molar-refractivity contribution is 5.91. The van der Waals surface area contributed by atoms with Crippen molar-refractivity contribution in [2.45, 2.75) is 57.5 Å². The molecule has 5 atom stereocenters. The Kier molecular flexibility index (Phi) is 4.31. The molecule has 28 heavy (non-hydrogen) atoms. The van der Waals surface area contributed by atoms with Gasteiger partial charge < -0.3 is 9.84 Å². The number of aliphatic hydroxyl groups is 1. The van der Waals surface area contributed by atoms with Gasteiger partial charge in [-0.05, 0) is 97.1 Å². The van der Waals surface area contributed by atoms with Crippen LogP contribution < -0.4 is 4.74 Å². The van der Waals surface area contributed by atoms with Gasteiger partial charge in [0.25, 0.3) is 0 Å². The molecule has 0 radical (unpaired) electrons. The third-order valence-electron chi connectivity index (χ3n) is 7.87. The van der Waals surface area contributed by atoms with Crippen LogP contribution in [-0.4, -0.2) is 17.2 Å². The number of hydrogen-bond donors (Lipinski definition) is 1. The number of hydrogen-bond acceptors (Lipinski definition) is 3. The van der Waals surface area contributed by atoms with E-state index in [1.165, 1.54) is 24.0 Å². The van der Waals surface area contributed by atoms with Crippen LogP contribution >= 0.6 is 0 Å². The molecule has 2 saturated carbocycles. The second kappa shape index (κ2) is 6.73. The number of carbonyl (C=O) groups is 1. The van der Waals surface area contributed by atoms with Crippen molar-refractivity contribution in [1.82, 2.24) is 0 Å². The minimum absolute atomic E-state index is 0.115. The molecule has 2 fully saturated rings. The number of ether oxygens (including phenoxy) is 1. The maximum Gasteiger partial charge on any atom is 0.343 e. The molecule has 3 heteroatoms. The smallest absolute Gasteiger partial charge is 0.343 e. The lowest BCUT2D eigenvalue weighted by atomic mass is 9.55.